The van der Waals surface area contributed by atoms with Gasteiger partial charge in [-0.3, -0.25) is 4.68 Å². The number of hydrogen-bond acceptors (Lipinski definition) is 4. The van der Waals surface area contributed by atoms with Gasteiger partial charge in [0.1, 0.15) is 0 Å². The highest BCUT2D eigenvalue weighted by Gasteiger charge is 2.39. The van der Waals surface area contributed by atoms with Gasteiger partial charge in [-0.1, -0.05) is 0 Å². The molecule has 3 rings (SSSR count). The maximum absolute atomic E-state index is 6.11. The topological polar surface area (TPSA) is 48.3 Å². The molecule has 0 aromatic carbocycles. The summed E-state index contributed by atoms with van der Waals surface area (Å²) in [5.74, 6) is 0. The molecule has 1 N–H and O–H groups in total. The Balaban J connectivity index is 1.74. The van der Waals surface area contributed by atoms with E-state index in [-0.39, 0.29) is 5.60 Å². The first-order chi connectivity index (χ1) is 9.72. The van der Waals surface area contributed by atoms with Crippen LogP contribution >= 0.6 is 0 Å². The third-order valence-corrected chi connectivity index (χ3v) is 4.63. The zero-order valence-electron chi connectivity index (χ0n) is 12.5. The van der Waals surface area contributed by atoms with Crippen molar-refractivity contribution >= 4 is 0 Å². The molecule has 0 amide bonds. The molecule has 1 spiro atoms. The predicted molar refractivity (Wildman–Crippen MR) is 76.7 cm³/mol. The number of nitrogens with zero attached hydrogens (tertiary/aromatic N) is 2. The normalized spacial score (nSPS) is 26.0. The van der Waals surface area contributed by atoms with Crippen molar-refractivity contribution in [2.75, 3.05) is 26.9 Å². The van der Waals surface area contributed by atoms with Crippen LogP contribution in [-0.4, -0.2) is 42.2 Å². The van der Waals surface area contributed by atoms with Gasteiger partial charge in [0.25, 0.3) is 0 Å². The van der Waals surface area contributed by atoms with Gasteiger partial charge in [-0.25, -0.2) is 0 Å². The highest BCUT2D eigenvalue weighted by Crippen LogP contribution is 2.39. The van der Waals surface area contributed by atoms with Crippen LogP contribution in [-0.2, 0) is 16.0 Å². The van der Waals surface area contributed by atoms with E-state index in [4.69, 9.17) is 14.6 Å². The maximum Gasteiger partial charge on any atom is 0.0746 e. The molecule has 2 aliphatic rings. The van der Waals surface area contributed by atoms with Crippen LogP contribution in [0.3, 0.4) is 0 Å². The van der Waals surface area contributed by atoms with Crippen molar-refractivity contribution in [1.29, 1.82) is 0 Å². The van der Waals surface area contributed by atoms with Crippen LogP contribution in [0.4, 0.5) is 0 Å². The summed E-state index contributed by atoms with van der Waals surface area (Å²) in [4.78, 5) is 0. The first kappa shape index (κ1) is 14.0. The lowest BCUT2D eigenvalue weighted by atomic mass is 9.84. The van der Waals surface area contributed by atoms with Gasteiger partial charge in [0.2, 0.25) is 0 Å². The molecule has 0 bridgehead atoms. The lowest BCUT2D eigenvalue weighted by Crippen LogP contribution is -2.44. The smallest absolute Gasteiger partial charge is 0.0746 e. The van der Waals surface area contributed by atoms with Gasteiger partial charge >= 0.3 is 0 Å². The van der Waals surface area contributed by atoms with E-state index in [1.165, 1.54) is 5.56 Å². The van der Waals surface area contributed by atoms with E-state index in [9.17, 15) is 0 Å². The Hall–Kier alpha value is -0.910. The zero-order valence-corrected chi connectivity index (χ0v) is 12.5. The Morgan fingerprint density at radius 3 is 2.95 bits per heavy atom. The Labute approximate surface area is 120 Å². The second-order valence-electron chi connectivity index (χ2n) is 6.04. The number of aromatic nitrogens is 2. The second-order valence-corrected chi connectivity index (χ2v) is 6.04. The van der Waals surface area contributed by atoms with Gasteiger partial charge < -0.3 is 14.8 Å². The Morgan fingerprint density at radius 2 is 2.20 bits per heavy atom. The highest BCUT2D eigenvalue weighted by atomic mass is 16.5. The van der Waals surface area contributed by atoms with Gasteiger partial charge in [-0.05, 0) is 39.7 Å². The molecule has 5 heteroatoms. The van der Waals surface area contributed by atoms with Gasteiger partial charge in [0.15, 0.2) is 0 Å². The van der Waals surface area contributed by atoms with E-state index in [1.807, 2.05) is 7.05 Å². The summed E-state index contributed by atoms with van der Waals surface area (Å²) < 4.78 is 13.8. The zero-order chi connectivity index (χ0) is 14.0. The summed E-state index contributed by atoms with van der Waals surface area (Å²) in [6.45, 7) is 5.47. The lowest BCUT2D eigenvalue weighted by Gasteiger charge is -2.43. The fourth-order valence-electron chi connectivity index (χ4n) is 3.39. The van der Waals surface area contributed by atoms with E-state index in [0.29, 0.717) is 6.04 Å². The molecule has 1 atom stereocenters. The molecule has 2 aliphatic heterocycles. The lowest BCUT2D eigenvalue weighted by molar-refractivity contribution is -0.145. The van der Waals surface area contributed by atoms with Crippen molar-refractivity contribution in [3.63, 3.8) is 0 Å². The van der Waals surface area contributed by atoms with Gasteiger partial charge in [0, 0.05) is 38.1 Å². The van der Waals surface area contributed by atoms with Crippen LogP contribution in [0.15, 0.2) is 6.20 Å². The minimum Gasteiger partial charge on any atom is -0.381 e. The second kappa shape index (κ2) is 5.84. The summed E-state index contributed by atoms with van der Waals surface area (Å²) in [5, 5.41) is 7.92. The van der Waals surface area contributed by atoms with E-state index in [0.717, 1.165) is 57.7 Å². The minimum absolute atomic E-state index is 0.0319. The predicted octanol–water partition coefficient (Wildman–Crippen LogP) is 1.81. The molecule has 20 heavy (non-hydrogen) atoms. The number of rotatable bonds is 3. The summed E-state index contributed by atoms with van der Waals surface area (Å²) in [6.07, 6.45) is 6.37. The Bertz CT molecular complexity index is 446. The highest BCUT2D eigenvalue weighted by molar-refractivity contribution is 5.15. The standard InChI is InChI=1S/C15H25N3O2/c1-12-13(10-16-2)11-18(17-12)14-3-6-20-15(9-14)4-7-19-8-5-15/h11,14,16H,3-10H2,1-2H3. The number of hydrogen-bond donors (Lipinski definition) is 1. The molecule has 3 heterocycles. The van der Waals surface area contributed by atoms with E-state index < -0.39 is 0 Å². The van der Waals surface area contributed by atoms with Crippen molar-refractivity contribution in [3.05, 3.63) is 17.5 Å². The molecule has 112 valence electrons. The summed E-state index contributed by atoms with van der Waals surface area (Å²) in [5.41, 5.74) is 2.45. The average molecular weight is 279 g/mol. The van der Waals surface area contributed by atoms with Crippen LogP contribution in [0, 0.1) is 6.92 Å². The van der Waals surface area contributed by atoms with Crippen molar-refractivity contribution in [2.24, 2.45) is 0 Å². The summed E-state index contributed by atoms with van der Waals surface area (Å²) in [6, 6.07) is 0.464. The van der Waals surface area contributed by atoms with Gasteiger partial charge in [-0.15, -0.1) is 0 Å². The Kier molecular flexibility index (Phi) is 4.10. The maximum atomic E-state index is 6.11. The van der Waals surface area contributed by atoms with Gasteiger partial charge in [-0.2, -0.15) is 5.10 Å². The van der Waals surface area contributed by atoms with Crippen molar-refractivity contribution < 1.29 is 9.47 Å². The minimum atomic E-state index is 0.0319. The van der Waals surface area contributed by atoms with Crippen LogP contribution in [0.25, 0.3) is 0 Å². The SMILES string of the molecule is CNCc1cn(C2CCOC3(CCOCC3)C2)nc1C. The van der Waals surface area contributed by atoms with Crippen molar-refractivity contribution in [1.82, 2.24) is 15.1 Å². The molecule has 2 saturated heterocycles. The number of nitrogens with one attached hydrogen (secondary N) is 1. The molecule has 1 aromatic heterocycles. The molecule has 0 radical (unpaired) electrons. The number of aryl methyl sites for hydroxylation is 1. The largest absolute Gasteiger partial charge is 0.381 e. The molecule has 1 aromatic rings. The number of ether oxygens (including phenoxy) is 2. The molecule has 0 aliphatic carbocycles. The average Bonchev–Trinajstić information content (AvgIpc) is 2.82. The monoisotopic (exact) mass is 279 g/mol. The molecular weight excluding hydrogens is 254 g/mol. The summed E-state index contributed by atoms with van der Waals surface area (Å²) >= 11 is 0. The third-order valence-electron chi connectivity index (χ3n) is 4.63. The third kappa shape index (κ3) is 2.75. The van der Waals surface area contributed by atoms with E-state index in [1.54, 1.807) is 0 Å². The van der Waals surface area contributed by atoms with E-state index in [2.05, 4.69) is 23.1 Å². The molecular formula is C15H25N3O2. The molecule has 2 fully saturated rings. The first-order valence-electron chi connectivity index (χ1n) is 7.63. The van der Waals surface area contributed by atoms with Crippen molar-refractivity contribution in [3.8, 4) is 0 Å². The molecule has 0 saturated carbocycles. The van der Waals surface area contributed by atoms with E-state index >= 15 is 0 Å². The first-order valence-corrected chi connectivity index (χ1v) is 7.63. The van der Waals surface area contributed by atoms with Crippen LogP contribution in [0.5, 0.6) is 0 Å². The fraction of sp³-hybridized carbons (Fsp3) is 0.800. The molecule has 1 unspecified atom stereocenters. The van der Waals surface area contributed by atoms with Crippen molar-refractivity contribution in [2.45, 2.75) is 50.8 Å². The van der Waals surface area contributed by atoms with Gasteiger partial charge in [0.05, 0.1) is 17.3 Å². The quantitative estimate of drug-likeness (QED) is 0.917. The van der Waals surface area contributed by atoms with Crippen LogP contribution in [0.1, 0.15) is 43.0 Å². The fourth-order valence-corrected chi connectivity index (χ4v) is 3.39. The van der Waals surface area contributed by atoms with Crippen LogP contribution < -0.4 is 5.32 Å². The molecule has 5 nitrogen and oxygen atoms in total. The van der Waals surface area contributed by atoms with Crippen LogP contribution in [0.2, 0.25) is 0 Å². The Morgan fingerprint density at radius 1 is 1.40 bits per heavy atom. The summed E-state index contributed by atoms with van der Waals surface area (Å²) in [7, 11) is 1.97.